The van der Waals surface area contributed by atoms with E-state index in [9.17, 15) is 24.5 Å². The van der Waals surface area contributed by atoms with E-state index in [2.05, 4.69) is 0 Å². The molecule has 0 spiro atoms. The van der Waals surface area contributed by atoms with Crippen LogP contribution in [-0.2, 0) is 23.8 Å². The van der Waals surface area contributed by atoms with Crippen molar-refractivity contribution in [1.82, 2.24) is 0 Å². The Bertz CT molecular complexity index is 1080. The van der Waals surface area contributed by atoms with Crippen molar-refractivity contribution < 1.29 is 33.5 Å². The Kier molecular flexibility index (Phi) is 5.84. The maximum Gasteiger partial charge on any atom is 0.365 e. The van der Waals surface area contributed by atoms with E-state index in [1.165, 1.54) is 19.2 Å². The van der Waals surface area contributed by atoms with Crippen molar-refractivity contribution in [2.24, 2.45) is 0 Å². The number of esters is 1. The molecule has 2 aromatic carbocycles. The van der Waals surface area contributed by atoms with Crippen LogP contribution in [0.5, 0.6) is 0 Å². The average molecular weight is 426 g/mol. The number of carbonyl (C=O) groups is 3. The van der Waals surface area contributed by atoms with Crippen molar-refractivity contribution in [3.63, 3.8) is 0 Å². The zero-order valence-electron chi connectivity index (χ0n) is 16.9. The zero-order valence-corrected chi connectivity index (χ0v) is 16.9. The minimum absolute atomic E-state index is 0.0109. The van der Waals surface area contributed by atoms with Crippen molar-refractivity contribution in [2.75, 3.05) is 26.2 Å². The maximum absolute atomic E-state index is 13.4. The number of Topliss-reactive ketones (excluding diaryl/α,β-unsaturated/α-hetero) is 1. The van der Waals surface area contributed by atoms with Gasteiger partial charge in [-0.1, -0.05) is 18.2 Å². The topological polar surface area (TPSA) is 125 Å². The van der Waals surface area contributed by atoms with Gasteiger partial charge < -0.3 is 14.2 Å². The highest BCUT2D eigenvalue weighted by molar-refractivity contribution is 6.26. The molecular formula is C21H18N2O8. The molecule has 1 unspecified atom stereocenters. The van der Waals surface area contributed by atoms with Gasteiger partial charge in [-0.25, -0.2) is 4.79 Å². The van der Waals surface area contributed by atoms with E-state index in [1.54, 1.807) is 30.3 Å². The molecule has 1 amide bonds. The van der Waals surface area contributed by atoms with Crippen LogP contribution >= 0.6 is 0 Å². The van der Waals surface area contributed by atoms with Crippen LogP contribution in [0.25, 0.3) is 0 Å². The van der Waals surface area contributed by atoms with Crippen LogP contribution in [0.1, 0.15) is 10.4 Å². The van der Waals surface area contributed by atoms with Crippen molar-refractivity contribution in [1.29, 1.82) is 0 Å². The summed E-state index contributed by atoms with van der Waals surface area (Å²) in [6, 6.07) is 12.8. The number of rotatable bonds is 7. The number of amides is 1. The quantitative estimate of drug-likeness (QED) is 0.286. The lowest BCUT2D eigenvalue weighted by Crippen LogP contribution is -2.57. The van der Waals surface area contributed by atoms with Crippen molar-refractivity contribution in [2.45, 2.75) is 5.72 Å². The number of hydrogen-bond acceptors (Lipinski definition) is 8. The third kappa shape index (κ3) is 3.32. The fourth-order valence-corrected chi connectivity index (χ4v) is 3.43. The first kappa shape index (κ1) is 21.7. The number of non-ortho nitro benzene ring substituents is 1. The SMILES string of the molecule is COC(=O)C1(OC)C(C(=O)c2ccc([N+](=O)[O-])cc2)=C(OC)C(=O)N1c1ccccc1. The summed E-state index contributed by atoms with van der Waals surface area (Å²) in [5.41, 5.74) is -2.63. The van der Waals surface area contributed by atoms with Gasteiger partial charge in [0, 0.05) is 30.5 Å². The van der Waals surface area contributed by atoms with Crippen LogP contribution in [0.2, 0.25) is 0 Å². The van der Waals surface area contributed by atoms with Gasteiger partial charge in [-0.15, -0.1) is 0 Å². The molecule has 0 N–H and O–H groups in total. The van der Waals surface area contributed by atoms with E-state index >= 15 is 0 Å². The summed E-state index contributed by atoms with van der Waals surface area (Å²) < 4.78 is 15.6. The first-order chi connectivity index (χ1) is 14.8. The van der Waals surface area contributed by atoms with Crippen molar-refractivity contribution in [3.8, 4) is 0 Å². The van der Waals surface area contributed by atoms with Crippen LogP contribution in [-0.4, -0.2) is 49.6 Å². The summed E-state index contributed by atoms with van der Waals surface area (Å²) in [6.45, 7) is 0. The predicted molar refractivity (Wildman–Crippen MR) is 107 cm³/mol. The number of ketones is 1. The lowest BCUT2D eigenvalue weighted by Gasteiger charge is -2.35. The summed E-state index contributed by atoms with van der Waals surface area (Å²) in [5.74, 6) is -3.00. The minimum Gasteiger partial charge on any atom is -0.491 e. The number of nitrogens with zero attached hydrogens (tertiary/aromatic N) is 2. The smallest absolute Gasteiger partial charge is 0.365 e. The molecule has 2 aromatic rings. The molecule has 0 radical (unpaired) electrons. The fourth-order valence-electron chi connectivity index (χ4n) is 3.43. The molecule has 1 atom stereocenters. The van der Waals surface area contributed by atoms with Crippen LogP contribution in [0.4, 0.5) is 11.4 Å². The fraction of sp³-hybridized carbons (Fsp3) is 0.190. The third-order valence-corrected chi connectivity index (χ3v) is 4.82. The average Bonchev–Trinajstić information content (AvgIpc) is 3.06. The first-order valence-corrected chi connectivity index (χ1v) is 8.94. The molecule has 1 heterocycles. The maximum atomic E-state index is 13.4. The molecule has 0 fully saturated rings. The highest BCUT2D eigenvalue weighted by atomic mass is 16.6. The number of nitro groups is 1. The van der Waals surface area contributed by atoms with Gasteiger partial charge in [-0.3, -0.25) is 24.6 Å². The number of anilines is 1. The highest BCUT2D eigenvalue weighted by Crippen LogP contribution is 2.42. The molecule has 0 aromatic heterocycles. The Morgan fingerprint density at radius 2 is 1.61 bits per heavy atom. The molecule has 10 heteroatoms. The molecule has 3 rings (SSSR count). The summed E-state index contributed by atoms with van der Waals surface area (Å²) in [6.07, 6.45) is 0. The van der Waals surface area contributed by atoms with Gasteiger partial charge in [-0.2, -0.15) is 0 Å². The number of hydrogen-bond donors (Lipinski definition) is 0. The van der Waals surface area contributed by atoms with Crippen LogP contribution in [0.3, 0.4) is 0 Å². The molecule has 31 heavy (non-hydrogen) atoms. The van der Waals surface area contributed by atoms with Gasteiger partial charge in [0.15, 0.2) is 11.5 Å². The second kappa shape index (κ2) is 8.36. The Labute approximate surface area is 176 Å². The second-order valence-corrected chi connectivity index (χ2v) is 6.36. The summed E-state index contributed by atoms with van der Waals surface area (Å²) in [5, 5.41) is 10.9. The Hall–Kier alpha value is -4.05. The molecule has 0 bridgehead atoms. The van der Waals surface area contributed by atoms with E-state index in [-0.39, 0.29) is 16.9 Å². The standard InChI is InChI=1S/C21H18N2O8/c1-29-18-16(17(24)13-9-11-15(12-10-13)23(27)28)21(31-3,20(26)30-2)22(19(18)25)14-7-5-4-6-8-14/h4-12H,1-3H3. The molecule has 0 aliphatic carbocycles. The summed E-state index contributed by atoms with van der Waals surface area (Å²) in [7, 11) is 3.43. The molecule has 0 saturated heterocycles. The van der Waals surface area contributed by atoms with Gasteiger partial charge >= 0.3 is 5.97 Å². The number of para-hydroxylation sites is 1. The largest absolute Gasteiger partial charge is 0.491 e. The number of carbonyl (C=O) groups excluding carboxylic acids is 3. The van der Waals surface area contributed by atoms with Gasteiger partial charge in [0.05, 0.1) is 19.1 Å². The second-order valence-electron chi connectivity index (χ2n) is 6.36. The highest BCUT2D eigenvalue weighted by Gasteiger charge is 2.62. The molecular weight excluding hydrogens is 408 g/mol. The van der Waals surface area contributed by atoms with E-state index in [0.29, 0.717) is 0 Å². The van der Waals surface area contributed by atoms with Crippen LogP contribution in [0, 0.1) is 10.1 Å². The monoisotopic (exact) mass is 426 g/mol. The first-order valence-electron chi connectivity index (χ1n) is 8.94. The number of ether oxygens (including phenoxy) is 3. The molecule has 0 saturated carbocycles. The molecule has 160 valence electrons. The Balaban J connectivity index is 2.24. The predicted octanol–water partition coefficient (Wildman–Crippen LogP) is 2.24. The minimum atomic E-state index is -2.27. The van der Waals surface area contributed by atoms with E-state index in [4.69, 9.17) is 14.2 Å². The third-order valence-electron chi connectivity index (χ3n) is 4.82. The summed E-state index contributed by atoms with van der Waals surface area (Å²) in [4.78, 5) is 50.9. The molecule has 1 aliphatic heterocycles. The van der Waals surface area contributed by atoms with Crippen LogP contribution < -0.4 is 4.90 Å². The number of methoxy groups -OCH3 is 3. The number of nitro benzene ring substituents is 1. The van der Waals surface area contributed by atoms with E-state index in [0.717, 1.165) is 31.3 Å². The van der Waals surface area contributed by atoms with Crippen LogP contribution in [0.15, 0.2) is 65.9 Å². The lowest BCUT2D eigenvalue weighted by molar-refractivity contribution is -0.384. The lowest BCUT2D eigenvalue weighted by atomic mass is 9.94. The van der Waals surface area contributed by atoms with Gasteiger partial charge in [0.1, 0.15) is 5.57 Å². The Morgan fingerprint density at radius 3 is 2.10 bits per heavy atom. The summed E-state index contributed by atoms with van der Waals surface area (Å²) >= 11 is 0. The van der Waals surface area contributed by atoms with Crippen molar-refractivity contribution >= 4 is 29.0 Å². The van der Waals surface area contributed by atoms with Gasteiger partial charge in [0.2, 0.25) is 0 Å². The van der Waals surface area contributed by atoms with E-state index in [1.807, 2.05) is 0 Å². The zero-order chi connectivity index (χ0) is 22.8. The van der Waals surface area contributed by atoms with Gasteiger partial charge in [0.25, 0.3) is 17.3 Å². The Morgan fingerprint density at radius 1 is 1.00 bits per heavy atom. The number of benzene rings is 2. The van der Waals surface area contributed by atoms with E-state index < -0.39 is 39.6 Å². The van der Waals surface area contributed by atoms with Gasteiger partial charge in [-0.05, 0) is 24.3 Å². The molecule has 1 aliphatic rings. The normalized spacial score (nSPS) is 18.2. The van der Waals surface area contributed by atoms with Crippen molar-refractivity contribution in [3.05, 3.63) is 81.6 Å². The molecule has 10 nitrogen and oxygen atoms in total.